The number of para-hydroxylation sites is 1. The van der Waals surface area contributed by atoms with Crippen molar-refractivity contribution in [3.8, 4) is 5.75 Å². The maximum atomic E-state index is 12.9. The lowest BCUT2D eigenvalue weighted by atomic mass is 10.2. The predicted molar refractivity (Wildman–Crippen MR) is 77.1 cm³/mol. The Morgan fingerprint density at radius 2 is 1.91 bits per heavy atom. The van der Waals surface area contributed by atoms with Gasteiger partial charge < -0.3 is 10.1 Å². The molecule has 3 rings (SSSR count). The second kappa shape index (κ2) is 5.99. The Morgan fingerprint density at radius 3 is 2.61 bits per heavy atom. The minimum atomic E-state index is -2.97. The van der Waals surface area contributed by atoms with Gasteiger partial charge in [-0.3, -0.25) is 9.89 Å². The van der Waals surface area contributed by atoms with Crippen molar-refractivity contribution in [2.24, 2.45) is 0 Å². The Labute approximate surface area is 128 Å². The summed E-state index contributed by atoms with van der Waals surface area (Å²) in [6, 6.07) is 9.42. The van der Waals surface area contributed by atoms with Crippen LogP contribution in [0.2, 0.25) is 0 Å². The van der Waals surface area contributed by atoms with E-state index in [1.807, 2.05) is 0 Å². The number of ether oxygens (including phenoxy) is 1. The van der Waals surface area contributed by atoms with Crippen molar-refractivity contribution in [1.82, 2.24) is 10.2 Å². The number of hydrogen-bond donors (Lipinski definition) is 2. The summed E-state index contributed by atoms with van der Waals surface area (Å²) < 4.78 is 42.0. The number of carbonyl (C=O) groups excluding carboxylic acids is 1. The minimum Gasteiger partial charge on any atom is -0.433 e. The van der Waals surface area contributed by atoms with E-state index in [2.05, 4.69) is 20.3 Å². The molecule has 5 nitrogen and oxygen atoms in total. The van der Waals surface area contributed by atoms with Gasteiger partial charge in [0.15, 0.2) is 11.6 Å². The first-order valence-corrected chi connectivity index (χ1v) is 6.53. The Morgan fingerprint density at radius 1 is 1.17 bits per heavy atom. The van der Waals surface area contributed by atoms with Gasteiger partial charge in [0.25, 0.3) is 5.91 Å². The second-order valence-corrected chi connectivity index (χ2v) is 4.59. The number of nitrogens with zero attached hydrogens (tertiary/aromatic N) is 1. The van der Waals surface area contributed by atoms with Gasteiger partial charge in [0.2, 0.25) is 0 Å². The van der Waals surface area contributed by atoms with E-state index in [9.17, 15) is 18.0 Å². The van der Waals surface area contributed by atoms with Crippen molar-refractivity contribution in [2.45, 2.75) is 6.61 Å². The molecule has 0 fully saturated rings. The fourth-order valence-electron chi connectivity index (χ4n) is 2.09. The van der Waals surface area contributed by atoms with Gasteiger partial charge >= 0.3 is 6.61 Å². The third kappa shape index (κ3) is 3.10. The Bertz CT molecular complexity index is 847. The zero-order valence-electron chi connectivity index (χ0n) is 11.5. The number of anilines is 1. The monoisotopic (exact) mass is 321 g/mol. The van der Waals surface area contributed by atoms with E-state index in [0.29, 0.717) is 5.39 Å². The molecule has 0 bridgehead atoms. The normalized spacial score (nSPS) is 11.0. The molecule has 118 valence electrons. The highest BCUT2D eigenvalue weighted by atomic mass is 19.3. The molecule has 1 amide bonds. The van der Waals surface area contributed by atoms with Crippen molar-refractivity contribution in [2.75, 3.05) is 5.32 Å². The van der Waals surface area contributed by atoms with Crippen molar-refractivity contribution in [3.63, 3.8) is 0 Å². The Hall–Kier alpha value is -3.03. The van der Waals surface area contributed by atoms with E-state index >= 15 is 0 Å². The molecule has 0 atom stereocenters. The van der Waals surface area contributed by atoms with Crippen molar-refractivity contribution in [3.05, 3.63) is 53.8 Å². The molecule has 0 aliphatic heterocycles. The molecule has 2 N–H and O–H groups in total. The number of carbonyl (C=O) groups is 1. The molecule has 1 aromatic heterocycles. The first kappa shape index (κ1) is 14.9. The summed E-state index contributed by atoms with van der Waals surface area (Å²) in [5, 5.41) is 9.39. The molecule has 0 saturated heterocycles. The average Bonchev–Trinajstić information content (AvgIpc) is 2.92. The third-order valence-corrected chi connectivity index (χ3v) is 3.12. The zero-order valence-corrected chi connectivity index (χ0v) is 11.5. The third-order valence-electron chi connectivity index (χ3n) is 3.12. The number of alkyl halides is 2. The molecule has 0 unspecified atom stereocenters. The predicted octanol–water partition coefficient (Wildman–Crippen LogP) is 3.56. The van der Waals surface area contributed by atoms with Gasteiger partial charge in [-0.2, -0.15) is 13.9 Å². The van der Waals surface area contributed by atoms with Crippen LogP contribution >= 0.6 is 0 Å². The van der Waals surface area contributed by atoms with Crippen LogP contribution in [0.4, 0.5) is 19.0 Å². The van der Waals surface area contributed by atoms with Crippen LogP contribution in [-0.2, 0) is 0 Å². The van der Waals surface area contributed by atoms with E-state index in [1.54, 1.807) is 6.07 Å². The number of benzene rings is 2. The Balaban J connectivity index is 1.89. The van der Waals surface area contributed by atoms with Gasteiger partial charge in [-0.05, 0) is 36.4 Å². The van der Waals surface area contributed by atoms with Crippen molar-refractivity contribution < 1.29 is 22.7 Å². The fraction of sp³-hybridized carbons (Fsp3) is 0.0667. The maximum Gasteiger partial charge on any atom is 0.387 e. The first-order chi connectivity index (χ1) is 11.0. The topological polar surface area (TPSA) is 67.0 Å². The summed E-state index contributed by atoms with van der Waals surface area (Å²) >= 11 is 0. The molecule has 3 aromatic rings. The number of rotatable bonds is 4. The molecule has 2 aromatic carbocycles. The number of halogens is 3. The number of amides is 1. The van der Waals surface area contributed by atoms with E-state index in [-0.39, 0.29) is 22.6 Å². The lowest BCUT2D eigenvalue weighted by Crippen LogP contribution is -2.12. The largest absolute Gasteiger partial charge is 0.433 e. The summed E-state index contributed by atoms with van der Waals surface area (Å²) in [7, 11) is 0. The summed E-state index contributed by atoms with van der Waals surface area (Å²) in [5.41, 5.74) is 0.477. The van der Waals surface area contributed by atoms with Crippen LogP contribution in [0.3, 0.4) is 0 Å². The van der Waals surface area contributed by atoms with E-state index in [0.717, 1.165) is 12.1 Å². The van der Waals surface area contributed by atoms with E-state index in [1.165, 1.54) is 24.3 Å². The summed E-state index contributed by atoms with van der Waals surface area (Å²) in [5.74, 6) is -0.875. The first-order valence-electron chi connectivity index (χ1n) is 6.53. The van der Waals surface area contributed by atoms with Crippen LogP contribution < -0.4 is 10.1 Å². The molecular formula is C15H10F3N3O2. The summed E-state index contributed by atoms with van der Waals surface area (Å²) in [6.45, 7) is -2.97. The average molecular weight is 321 g/mol. The molecular weight excluding hydrogens is 311 g/mol. The summed E-state index contributed by atoms with van der Waals surface area (Å²) in [4.78, 5) is 12.1. The molecule has 8 heteroatoms. The number of hydrogen-bond acceptors (Lipinski definition) is 3. The highest BCUT2D eigenvalue weighted by Crippen LogP contribution is 2.29. The highest BCUT2D eigenvalue weighted by Gasteiger charge is 2.15. The number of nitrogens with one attached hydrogen (secondary N) is 2. The number of fused-ring (bicyclic) bond motifs is 1. The minimum absolute atomic E-state index is 0.0766. The van der Waals surface area contributed by atoms with Gasteiger partial charge in [-0.15, -0.1) is 0 Å². The number of H-pyrrole nitrogens is 1. The van der Waals surface area contributed by atoms with Crippen molar-refractivity contribution >= 4 is 22.6 Å². The summed E-state index contributed by atoms with van der Waals surface area (Å²) in [6.07, 6.45) is 0. The zero-order chi connectivity index (χ0) is 16.4. The molecule has 0 saturated carbocycles. The number of aromatic nitrogens is 2. The van der Waals surface area contributed by atoms with Gasteiger partial charge in [0, 0.05) is 10.9 Å². The smallest absolute Gasteiger partial charge is 0.387 e. The van der Waals surface area contributed by atoms with Crippen LogP contribution in [0.25, 0.3) is 10.9 Å². The van der Waals surface area contributed by atoms with Gasteiger partial charge in [-0.25, -0.2) is 4.39 Å². The fourth-order valence-corrected chi connectivity index (χ4v) is 2.09. The molecule has 0 aliphatic carbocycles. The van der Waals surface area contributed by atoms with E-state index in [4.69, 9.17) is 0 Å². The lowest BCUT2D eigenvalue weighted by molar-refractivity contribution is -0.0489. The quantitative estimate of drug-likeness (QED) is 0.772. The van der Waals surface area contributed by atoms with Crippen molar-refractivity contribution in [1.29, 1.82) is 0 Å². The maximum absolute atomic E-state index is 12.9. The van der Waals surface area contributed by atoms with Crippen LogP contribution in [0.15, 0.2) is 42.5 Å². The van der Waals surface area contributed by atoms with Gasteiger partial charge in [0.1, 0.15) is 11.3 Å². The van der Waals surface area contributed by atoms with Crippen LogP contribution in [-0.4, -0.2) is 22.7 Å². The second-order valence-electron chi connectivity index (χ2n) is 4.59. The molecule has 23 heavy (non-hydrogen) atoms. The Kier molecular flexibility index (Phi) is 3.88. The van der Waals surface area contributed by atoms with E-state index < -0.39 is 18.3 Å². The molecule has 0 aliphatic rings. The van der Waals surface area contributed by atoms with Gasteiger partial charge in [0.05, 0.1) is 0 Å². The van der Waals surface area contributed by atoms with Gasteiger partial charge in [-0.1, -0.05) is 6.07 Å². The molecule has 1 heterocycles. The SMILES string of the molecule is O=C(Nc1n[nH]c2c(OC(F)F)cccc12)c1ccc(F)cc1. The number of aromatic amines is 1. The lowest BCUT2D eigenvalue weighted by Gasteiger charge is -2.05. The molecule has 0 radical (unpaired) electrons. The van der Waals surface area contributed by atoms with Crippen LogP contribution in [0, 0.1) is 5.82 Å². The van der Waals surface area contributed by atoms with Crippen LogP contribution in [0.5, 0.6) is 5.75 Å². The highest BCUT2D eigenvalue weighted by molar-refractivity contribution is 6.08. The standard InChI is InChI=1S/C15H10F3N3O2/c16-9-6-4-8(5-7-9)14(22)19-13-10-2-1-3-11(23-15(17)18)12(10)20-21-13/h1-7,15H,(H2,19,20,21,22). The molecule has 0 spiro atoms. The van der Waals surface area contributed by atoms with Crippen LogP contribution in [0.1, 0.15) is 10.4 Å².